The minimum absolute atomic E-state index is 0.0829. The number of esters is 1. The van der Waals surface area contributed by atoms with Gasteiger partial charge in [-0.2, -0.15) is 0 Å². The lowest BCUT2D eigenvalue weighted by atomic mass is 10.1. The number of ether oxygens (including phenoxy) is 1. The molecular weight excluding hydrogens is 370 g/mol. The van der Waals surface area contributed by atoms with Crippen molar-refractivity contribution >= 4 is 38.7 Å². The first-order valence-corrected chi connectivity index (χ1v) is 10.6. The van der Waals surface area contributed by atoms with Crippen molar-refractivity contribution in [1.29, 1.82) is 0 Å². The standard InChI is InChI=1S/C16H16ClNO4S2/c17-13-3-1-12(2-4-13)16-18-14(9-23-16)8-22-15(19)7-11-5-6-24(20,21)10-11/h1-4,9,11H,5-8,10H2. The zero-order chi connectivity index (χ0) is 17.2. The van der Waals surface area contributed by atoms with Gasteiger partial charge in [0.05, 0.1) is 17.2 Å². The van der Waals surface area contributed by atoms with Crippen LogP contribution in [0.25, 0.3) is 10.6 Å². The molecule has 5 nitrogen and oxygen atoms in total. The lowest BCUT2D eigenvalue weighted by Crippen LogP contribution is -2.13. The van der Waals surface area contributed by atoms with Crippen LogP contribution in [-0.2, 0) is 26.0 Å². The number of thiazole rings is 1. The van der Waals surface area contributed by atoms with Crippen LogP contribution in [0, 0.1) is 5.92 Å². The zero-order valence-corrected chi connectivity index (χ0v) is 15.2. The molecule has 1 unspecified atom stereocenters. The van der Waals surface area contributed by atoms with E-state index < -0.39 is 9.84 Å². The highest BCUT2D eigenvalue weighted by Gasteiger charge is 2.29. The highest BCUT2D eigenvalue weighted by atomic mass is 35.5. The summed E-state index contributed by atoms with van der Waals surface area (Å²) >= 11 is 7.33. The SMILES string of the molecule is O=C(CC1CCS(=O)(=O)C1)OCc1csc(-c2ccc(Cl)cc2)n1. The summed E-state index contributed by atoms with van der Waals surface area (Å²) in [5, 5.41) is 3.34. The summed E-state index contributed by atoms with van der Waals surface area (Å²) in [4.78, 5) is 16.3. The fourth-order valence-electron chi connectivity index (χ4n) is 2.58. The van der Waals surface area contributed by atoms with Crippen LogP contribution in [0.1, 0.15) is 18.5 Å². The highest BCUT2D eigenvalue weighted by Crippen LogP contribution is 2.26. The van der Waals surface area contributed by atoms with Gasteiger partial charge in [0.25, 0.3) is 0 Å². The van der Waals surface area contributed by atoms with Crippen LogP contribution < -0.4 is 0 Å². The molecule has 2 aromatic rings. The molecule has 0 N–H and O–H groups in total. The first-order chi connectivity index (χ1) is 11.4. The van der Waals surface area contributed by atoms with Gasteiger partial charge in [-0.1, -0.05) is 23.7 Å². The fraction of sp³-hybridized carbons (Fsp3) is 0.375. The van der Waals surface area contributed by atoms with Crippen molar-refractivity contribution in [1.82, 2.24) is 4.98 Å². The number of carbonyl (C=O) groups is 1. The van der Waals surface area contributed by atoms with Crippen molar-refractivity contribution in [2.75, 3.05) is 11.5 Å². The molecular formula is C16H16ClNO4S2. The molecule has 0 spiro atoms. The zero-order valence-electron chi connectivity index (χ0n) is 12.8. The summed E-state index contributed by atoms with van der Waals surface area (Å²) < 4.78 is 28.0. The Balaban J connectivity index is 1.52. The molecule has 2 heterocycles. The third kappa shape index (κ3) is 4.55. The number of sulfone groups is 1. The summed E-state index contributed by atoms with van der Waals surface area (Å²) in [6.07, 6.45) is 0.683. The Hall–Kier alpha value is -1.44. The monoisotopic (exact) mass is 385 g/mol. The third-order valence-corrected chi connectivity index (χ3v) is 6.84. The maximum atomic E-state index is 11.8. The van der Waals surface area contributed by atoms with E-state index in [4.69, 9.17) is 16.3 Å². The molecule has 1 saturated heterocycles. The number of aromatic nitrogens is 1. The average molecular weight is 386 g/mol. The summed E-state index contributed by atoms with van der Waals surface area (Å²) in [5.41, 5.74) is 1.63. The minimum Gasteiger partial charge on any atom is -0.459 e. The second kappa shape index (κ2) is 7.21. The second-order valence-corrected chi connectivity index (χ2v) is 9.31. The van der Waals surface area contributed by atoms with Gasteiger partial charge < -0.3 is 4.74 Å². The normalized spacial score (nSPS) is 19.3. The Labute approximate surface area is 149 Å². The number of rotatable bonds is 5. The van der Waals surface area contributed by atoms with E-state index in [1.807, 2.05) is 17.5 Å². The molecule has 24 heavy (non-hydrogen) atoms. The lowest BCUT2D eigenvalue weighted by Gasteiger charge is -2.07. The molecule has 1 aromatic carbocycles. The Morgan fingerprint density at radius 3 is 2.75 bits per heavy atom. The highest BCUT2D eigenvalue weighted by molar-refractivity contribution is 7.91. The Morgan fingerprint density at radius 2 is 2.08 bits per heavy atom. The molecule has 0 amide bonds. The smallest absolute Gasteiger partial charge is 0.306 e. The van der Waals surface area contributed by atoms with E-state index >= 15 is 0 Å². The van der Waals surface area contributed by atoms with Crippen LogP contribution in [0.15, 0.2) is 29.6 Å². The Bertz CT molecular complexity index is 830. The molecule has 0 bridgehead atoms. The van der Waals surface area contributed by atoms with Gasteiger partial charge in [0.1, 0.15) is 11.6 Å². The second-order valence-electron chi connectivity index (χ2n) is 5.78. The molecule has 1 aliphatic heterocycles. The summed E-state index contributed by atoms with van der Waals surface area (Å²) in [7, 11) is -2.97. The summed E-state index contributed by atoms with van der Waals surface area (Å²) in [6.45, 7) is 0.0996. The molecule has 1 fully saturated rings. The van der Waals surface area contributed by atoms with E-state index in [-0.39, 0.29) is 36.4 Å². The largest absolute Gasteiger partial charge is 0.459 e. The van der Waals surface area contributed by atoms with E-state index in [2.05, 4.69) is 4.98 Å². The van der Waals surface area contributed by atoms with Crippen LogP contribution in [0.2, 0.25) is 5.02 Å². The molecule has 1 aromatic heterocycles. The van der Waals surface area contributed by atoms with Gasteiger partial charge in [-0.05, 0) is 24.5 Å². The minimum atomic E-state index is -2.97. The van der Waals surface area contributed by atoms with Gasteiger partial charge >= 0.3 is 5.97 Å². The summed E-state index contributed by atoms with van der Waals surface area (Å²) in [6, 6.07) is 7.37. The van der Waals surface area contributed by atoms with Gasteiger partial charge in [-0.3, -0.25) is 4.79 Å². The van der Waals surface area contributed by atoms with Crippen LogP contribution in [0.3, 0.4) is 0 Å². The van der Waals surface area contributed by atoms with E-state index in [1.165, 1.54) is 11.3 Å². The van der Waals surface area contributed by atoms with Gasteiger partial charge in [-0.15, -0.1) is 11.3 Å². The van der Waals surface area contributed by atoms with Crippen molar-refractivity contribution in [3.63, 3.8) is 0 Å². The van der Waals surface area contributed by atoms with Crippen molar-refractivity contribution in [3.8, 4) is 10.6 Å². The maximum absolute atomic E-state index is 11.8. The van der Waals surface area contributed by atoms with Gasteiger partial charge in [0.2, 0.25) is 0 Å². The van der Waals surface area contributed by atoms with E-state index in [1.54, 1.807) is 12.1 Å². The first-order valence-electron chi connectivity index (χ1n) is 7.48. The molecule has 1 atom stereocenters. The van der Waals surface area contributed by atoms with Crippen LogP contribution in [0.4, 0.5) is 0 Å². The van der Waals surface area contributed by atoms with Crippen molar-refractivity contribution in [3.05, 3.63) is 40.4 Å². The van der Waals surface area contributed by atoms with Crippen molar-refractivity contribution in [2.45, 2.75) is 19.4 Å². The van der Waals surface area contributed by atoms with Gasteiger partial charge in [-0.25, -0.2) is 13.4 Å². The topological polar surface area (TPSA) is 73.3 Å². The van der Waals surface area contributed by atoms with E-state index in [9.17, 15) is 13.2 Å². The van der Waals surface area contributed by atoms with Gasteiger partial charge in [0.15, 0.2) is 9.84 Å². The van der Waals surface area contributed by atoms with Crippen LogP contribution in [0.5, 0.6) is 0 Å². The Morgan fingerprint density at radius 1 is 1.33 bits per heavy atom. The number of nitrogens with zero attached hydrogens (tertiary/aromatic N) is 1. The van der Waals surface area contributed by atoms with Crippen LogP contribution >= 0.6 is 22.9 Å². The number of hydrogen-bond acceptors (Lipinski definition) is 6. The van der Waals surface area contributed by atoms with Crippen molar-refractivity contribution < 1.29 is 17.9 Å². The van der Waals surface area contributed by atoms with Crippen molar-refractivity contribution in [2.24, 2.45) is 5.92 Å². The molecule has 8 heteroatoms. The molecule has 0 aliphatic carbocycles. The number of benzene rings is 1. The quantitative estimate of drug-likeness (QED) is 0.738. The predicted molar refractivity (Wildman–Crippen MR) is 93.7 cm³/mol. The molecule has 128 valence electrons. The van der Waals surface area contributed by atoms with E-state index in [0.29, 0.717) is 17.1 Å². The first kappa shape index (κ1) is 17.4. The number of halogens is 1. The van der Waals surface area contributed by atoms with E-state index in [0.717, 1.165) is 10.6 Å². The molecule has 3 rings (SSSR count). The van der Waals surface area contributed by atoms with Gasteiger partial charge in [0, 0.05) is 22.4 Å². The maximum Gasteiger partial charge on any atom is 0.306 e. The molecule has 0 saturated carbocycles. The fourth-order valence-corrected chi connectivity index (χ4v) is 5.38. The molecule has 0 radical (unpaired) electrons. The van der Waals surface area contributed by atoms with Crippen LogP contribution in [-0.4, -0.2) is 30.9 Å². The number of carbonyl (C=O) groups excluding carboxylic acids is 1. The predicted octanol–water partition coefficient (Wildman–Crippen LogP) is 3.33. The lowest BCUT2D eigenvalue weighted by molar-refractivity contribution is -0.146. The third-order valence-electron chi connectivity index (χ3n) is 3.81. The number of hydrogen-bond donors (Lipinski definition) is 0. The summed E-state index contributed by atoms with van der Waals surface area (Å²) in [5.74, 6) is -0.248. The Kier molecular flexibility index (Phi) is 5.22. The molecule has 1 aliphatic rings. The average Bonchev–Trinajstić information content (AvgIpc) is 3.12.